The fourth-order valence-corrected chi connectivity index (χ4v) is 3.02. The lowest BCUT2D eigenvalue weighted by Crippen LogP contribution is -2.23. The topological polar surface area (TPSA) is 42.4 Å². The maximum Gasteiger partial charge on any atom is 0.363 e. The number of hydrogen-bond donors (Lipinski definition) is 0. The van der Waals surface area contributed by atoms with Gasteiger partial charge in [-0.05, 0) is 52.3 Å². The molecule has 0 saturated heterocycles. The van der Waals surface area contributed by atoms with Crippen LogP contribution in [0.1, 0.15) is 10.4 Å². The molecule has 2 aromatic carbocycles. The van der Waals surface area contributed by atoms with Crippen molar-refractivity contribution in [3.05, 3.63) is 69.5 Å². The van der Waals surface area contributed by atoms with Gasteiger partial charge in [0.15, 0.2) is 0 Å². The van der Waals surface area contributed by atoms with Crippen LogP contribution >= 0.6 is 27.5 Å². The van der Waals surface area contributed by atoms with Gasteiger partial charge in [-0.25, -0.2) is 14.2 Å². The highest BCUT2D eigenvalue weighted by atomic mass is 79.9. The predicted molar refractivity (Wildman–Crippen MR) is 94.7 cm³/mol. The van der Waals surface area contributed by atoms with E-state index in [1.165, 1.54) is 23.3 Å². The first-order chi connectivity index (χ1) is 11.5. The largest absolute Gasteiger partial charge is 0.363 e. The average Bonchev–Trinajstić information content (AvgIpc) is 2.54. The van der Waals surface area contributed by atoms with Gasteiger partial charge in [0.25, 0.3) is 0 Å². The van der Waals surface area contributed by atoms with E-state index in [0.29, 0.717) is 26.1 Å². The van der Waals surface area contributed by atoms with E-state index < -0.39 is 11.8 Å². The molecular weight excluding hydrogens is 399 g/mol. The van der Waals surface area contributed by atoms with Crippen molar-refractivity contribution < 1.29 is 14.0 Å². The number of rotatable bonds is 3. The maximum absolute atomic E-state index is 13.3. The molecule has 1 aromatic heterocycles. The van der Waals surface area contributed by atoms with Crippen molar-refractivity contribution in [1.82, 2.24) is 4.98 Å². The third-order valence-electron chi connectivity index (χ3n) is 3.35. The van der Waals surface area contributed by atoms with Gasteiger partial charge in [-0.1, -0.05) is 17.7 Å². The highest BCUT2D eigenvalue weighted by Gasteiger charge is 2.17. The van der Waals surface area contributed by atoms with Crippen LogP contribution in [0.25, 0.3) is 10.9 Å². The van der Waals surface area contributed by atoms with Gasteiger partial charge in [-0.2, -0.15) is 0 Å². The Kier molecular flexibility index (Phi) is 4.69. The first-order valence-corrected chi connectivity index (χ1v) is 8.08. The van der Waals surface area contributed by atoms with E-state index in [9.17, 15) is 9.18 Å². The molecule has 0 fully saturated rings. The maximum atomic E-state index is 13.3. The summed E-state index contributed by atoms with van der Waals surface area (Å²) < 4.78 is 13.9. The molecule has 0 saturated carbocycles. The minimum absolute atomic E-state index is 0.120. The standard InChI is InChI=1S/C17H11BrClFN2O2/c1-22(24-17(23)10-3-2-4-12(20)7-10)16-13-8-11(19)5-6-15(13)21-9-14(16)18/h2-9H,1H3. The van der Waals surface area contributed by atoms with Crippen LogP contribution in [0.2, 0.25) is 5.02 Å². The summed E-state index contributed by atoms with van der Waals surface area (Å²) in [5, 5.41) is 2.55. The van der Waals surface area contributed by atoms with E-state index in [-0.39, 0.29) is 5.56 Å². The van der Waals surface area contributed by atoms with E-state index in [1.54, 1.807) is 31.4 Å². The number of hydroxylamine groups is 1. The van der Waals surface area contributed by atoms with Gasteiger partial charge in [0.05, 0.1) is 21.2 Å². The number of nitrogens with zero attached hydrogens (tertiary/aromatic N) is 2. The molecule has 0 aliphatic carbocycles. The number of anilines is 1. The summed E-state index contributed by atoms with van der Waals surface area (Å²) in [6, 6.07) is 10.5. The Labute approximate surface area is 150 Å². The molecule has 1 heterocycles. The summed E-state index contributed by atoms with van der Waals surface area (Å²) >= 11 is 9.46. The van der Waals surface area contributed by atoms with E-state index in [4.69, 9.17) is 16.4 Å². The molecule has 3 rings (SSSR count). The fraction of sp³-hybridized carbons (Fsp3) is 0.0588. The van der Waals surface area contributed by atoms with Crippen LogP contribution in [0.4, 0.5) is 10.1 Å². The van der Waals surface area contributed by atoms with Crippen LogP contribution in [0.5, 0.6) is 0 Å². The van der Waals surface area contributed by atoms with Crippen LogP contribution in [0.3, 0.4) is 0 Å². The van der Waals surface area contributed by atoms with Gasteiger partial charge in [0.2, 0.25) is 0 Å². The molecule has 4 nitrogen and oxygen atoms in total. The van der Waals surface area contributed by atoms with Crippen molar-refractivity contribution >= 4 is 50.1 Å². The Bertz CT molecular complexity index is 930. The Morgan fingerprint density at radius 3 is 2.83 bits per heavy atom. The van der Waals surface area contributed by atoms with Gasteiger partial charge in [-0.15, -0.1) is 0 Å². The smallest absolute Gasteiger partial charge is 0.336 e. The van der Waals surface area contributed by atoms with Crippen molar-refractivity contribution in [3.63, 3.8) is 0 Å². The number of benzene rings is 2. The summed E-state index contributed by atoms with van der Waals surface area (Å²) in [4.78, 5) is 21.8. The van der Waals surface area contributed by atoms with E-state index in [2.05, 4.69) is 20.9 Å². The number of fused-ring (bicyclic) bond motifs is 1. The number of halogens is 3. The van der Waals surface area contributed by atoms with Crippen molar-refractivity contribution in [2.24, 2.45) is 0 Å². The lowest BCUT2D eigenvalue weighted by Gasteiger charge is -2.21. The van der Waals surface area contributed by atoms with Crippen LogP contribution in [-0.2, 0) is 4.84 Å². The molecule has 24 heavy (non-hydrogen) atoms. The molecule has 122 valence electrons. The lowest BCUT2D eigenvalue weighted by molar-refractivity contribution is 0.0478. The highest BCUT2D eigenvalue weighted by Crippen LogP contribution is 2.34. The van der Waals surface area contributed by atoms with Gasteiger partial charge >= 0.3 is 5.97 Å². The predicted octanol–water partition coefficient (Wildman–Crippen LogP) is 5.00. The number of carbonyl (C=O) groups is 1. The zero-order chi connectivity index (χ0) is 17.3. The molecule has 0 atom stereocenters. The average molecular weight is 410 g/mol. The third kappa shape index (κ3) is 3.34. The fourth-order valence-electron chi connectivity index (χ4n) is 2.28. The number of pyridine rings is 1. The van der Waals surface area contributed by atoms with Crippen molar-refractivity contribution in [2.75, 3.05) is 12.1 Å². The molecule has 7 heteroatoms. The zero-order valence-corrected chi connectivity index (χ0v) is 14.8. The molecule has 0 radical (unpaired) electrons. The molecule has 0 N–H and O–H groups in total. The Morgan fingerprint density at radius 1 is 1.29 bits per heavy atom. The van der Waals surface area contributed by atoms with Gasteiger partial charge in [0, 0.05) is 23.7 Å². The van der Waals surface area contributed by atoms with Crippen molar-refractivity contribution in [3.8, 4) is 0 Å². The minimum Gasteiger partial charge on any atom is -0.336 e. The molecule has 3 aromatic rings. The first-order valence-electron chi connectivity index (χ1n) is 6.91. The number of hydrogen-bond acceptors (Lipinski definition) is 4. The summed E-state index contributed by atoms with van der Waals surface area (Å²) in [5.41, 5.74) is 1.41. The SMILES string of the molecule is CN(OC(=O)c1cccc(F)c1)c1c(Br)cnc2ccc(Cl)cc12. The number of aromatic nitrogens is 1. The van der Waals surface area contributed by atoms with Crippen molar-refractivity contribution in [2.45, 2.75) is 0 Å². The van der Waals surface area contributed by atoms with Crippen LogP contribution in [-0.4, -0.2) is 18.0 Å². The van der Waals surface area contributed by atoms with Crippen molar-refractivity contribution in [1.29, 1.82) is 0 Å². The molecular formula is C17H11BrClFN2O2. The second kappa shape index (κ2) is 6.75. The monoisotopic (exact) mass is 408 g/mol. The summed E-state index contributed by atoms with van der Waals surface area (Å²) in [6.45, 7) is 0. The molecule has 0 spiro atoms. The third-order valence-corrected chi connectivity index (χ3v) is 4.17. The number of carbonyl (C=O) groups excluding carboxylic acids is 1. The molecule has 0 amide bonds. The summed E-state index contributed by atoms with van der Waals surface area (Å²) in [6.07, 6.45) is 1.61. The Morgan fingerprint density at radius 2 is 2.08 bits per heavy atom. The Balaban J connectivity index is 1.96. The van der Waals surface area contributed by atoms with Gasteiger partial charge in [-0.3, -0.25) is 4.98 Å². The minimum atomic E-state index is -0.670. The quantitative estimate of drug-likeness (QED) is 0.571. The summed E-state index contributed by atoms with van der Waals surface area (Å²) in [5.74, 6) is -1.18. The van der Waals surface area contributed by atoms with E-state index >= 15 is 0 Å². The van der Waals surface area contributed by atoms with Crippen LogP contribution in [0.15, 0.2) is 53.1 Å². The molecule has 0 bridgehead atoms. The molecule has 0 aliphatic heterocycles. The molecule has 0 aliphatic rings. The normalized spacial score (nSPS) is 10.7. The van der Waals surface area contributed by atoms with E-state index in [0.717, 1.165) is 6.07 Å². The van der Waals surface area contributed by atoms with Gasteiger partial charge < -0.3 is 4.84 Å². The zero-order valence-electron chi connectivity index (χ0n) is 12.5. The summed E-state index contributed by atoms with van der Waals surface area (Å²) in [7, 11) is 1.58. The first kappa shape index (κ1) is 16.7. The van der Waals surface area contributed by atoms with Crippen LogP contribution < -0.4 is 5.06 Å². The van der Waals surface area contributed by atoms with E-state index in [1.807, 2.05) is 0 Å². The second-order valence-corrected chi connectivity index (χ2v) is 6.29. The molecule has 0 unspecified atom stereocenters. The highest BCUT2D eigenvalue weighted by molar-refractivity contribution is 9.10. The Hall–Kier alpha value is -2.18. The lowest BCUT2D eigenvalue weighted by atomic mass is 10.2. The van der Waals surface area contributed by atoms with Gasteiger partial charge in [0.1, 0.15) is 5.82 Å². The second-order valence-electron chi connectivity index (χ2n) is 5.00. The van der Waals surface area contributed by atoms with Crippen LogP contribution in [0, 0.1) is 5.82 Å².